The van der Waals surface area contributed by atoms with Crippen LogP contribution in [0.3, 0.4) is 0 Å². The Labute approximate surface area is 108 Å². The van der Waals surface area contributed by atoms with Gasteiger partial charge >= 0.3 is 0 Å². The molecule has 0 aromatic carbocycles. The Morgan fingerprint density at radius 2 is 2.11 bits per heavy atom. The van der Waals surface area contributed by atoms with Crippen LogP contribution in [0.25, 0.3) is 0 Å². The number of nitrogens with zero attached hydrogens (tertiary/aromatic N) is 1. The molecule has 0 unspecified atom stereocenters. The van der Waals surface area contributed by atoms with Gasteiger partial charge in [0, 0.05) is 11.8 Å². The van der Waals surface area contributed by atoms with E-state index in [4.69, 9.17) is 4.74 Å². The van der Waals surface area contributed by atoms with E-state index in [1.807, 2.05) is 13.8 Å². The molecule has 1 heterocycles. The highest BCUT2D eigenvalue weighted by Gasteiger charge is 2.26. The molecule has 2 rings (SSSR count). The standard InChI is InChI=1S/C12H18N2O3S/c1-8(2)11-10(17-9-4-5-9)6-7-13-12(11)14-18(3,15)16/h6-9H,4-5H2,1-3H3,(H,13,14). The molecule has 1 fully saturated rings. The summed E-state index contributed by atoms with van der Waals surface area (Å²) < 4.78 is 30.9. The predicted molar refractivity (Wildman–Crippen MR) is 70.4 cm³/mol. The van der Waals surface area contributed by atoms with Gasteiger partial charge in [-0.05, 0) is 24.8 Å². The highest BCUT2D eigenvalue weighted by atomic mass is 32.2. The number of sulfonamides is 1. The molecule has 0 spiro atoms. The van der Waals surface area contributed by atoms with Crippen molar-refractivity contribution in [2.45, 2.75) is 38.7 Å². The van der Waals surface area contributed by atoms with E-state index in [0.717, 1.165) is 30.4 Å². The summed E-state index contributed by atoms with van der Waals surface area (Å²) in [6.07, 6.45) is 5.09. The third-order valence-corrected chi connectivity index (χ3v) is 3.19. The van der Waals surface area contributed by atoms with Gasteiger partial charge in [-0.2, -0.15) is 0 Å². The number of anilines is 1. The van der Waals surface area contributed by atoms with Crippen molar-refractivity contribution in [2.75, 3.05) is 11.0 Å². The van der Waals surface area contributed by atoms with Gasteiger partial charge in [0.05, 0.1) is 12.4 Å². The van der Waals surface area contributed by atoms with Crippen molar-refractivity contribution < 1.29 is 13.2 Å². The van der Waals surface area contributed by atoms with Crippen molar-refractivity contribution in [2.24, 2.45) is 0 Å². The molecule has 1 aliphatic carbocycles. The summed E-state index contributed by atoms with van der Waals surface area (Å²) in [6.45, 7) is 3.98. The zero-order valence-electron chi connectivity index (χ0n) is 10.8. The van der Waals surface area contributed by atoms with Crippen molar-refractivity contribution in [1.82, 2.24) is 4.98 Å². The molecule has 100 valence electrons. The zero-order valence-corrected chi connectivity index (χ0v) is 11.6. The number of pyridine rings is 1. The molecule has 0 aliphatic heterocycles. The second-order valence-electron chi connectivity index (χ2n) is 4.92. The maximum atomic E-state index is 11.3. The van der Waals surface area contributed by atoms with Gasteiger partial charge in [-0.15, -0.1) is 0 Å². The maximum Gasteiger partial charge on any atom is 0.230 e. The van der Waals surface area contributed by atoms with Crippen molar-refractivity contribution >= 4 is 15.8 Å². The molecule has 1 aromatic rings. The summed E-state index contributed by atoms with van der Waals surface area (Å²) in [7, 11) is -3.33. The first-order valence-electron chi connectivity index (χ1n) is 6.00. The van der Waals surface area contributed by atoms with E-state index in [0.29, 0.717) is 5.82 Å². The lowest BCUT2D eigenvalue weighted by molar-refractivity contribution is 0.299. The highest BCUT2D eigenvalue weighted by Crippen LogP contribution is 2.36. The Bertz CT molecular complexity index is 536. The topological polar surface area (TPSA) is 68.3 Å². The molecule has 1 saturated carbocycles. The Hall–Kier alpha value is -1.30. The van der Waals surface area contributed by atoms with Crippen LogP contribution in [-0.2, 0) is 10.0 Å². The molecule has 0 amide bonds. The second-order valence-corrected chi connectivity index (χ2v) is 6.67. The largest absolute Gasteiger partial charge is 0.490 e. The summed E-state index contributed by atoms with van der Waals surface area (Å²) in [4.78, 5) is 4.10. The predicted octanol–water partition coefficient (Wildman–Crippen LogP) is 2.12. The first kappa shape index (κ1) is 13.1. The van der Waals surface area contributed by atoms with Crippen LogP contribution >= 0.6 is 0 Å². The van der Waals surface area contributed by atoms with Gasteiger partial charge in [0.15, 0.2) is 0 Å². The minimum atomic E-state index is -3.33. The van der Waals surface area contributed by atoms with Gasteiger partial charge in [0.2, 0.25) is 10.0 Å². The van der Waals surface area contributed by atoms with Crippen LogP contribution in [-0.4, -0.2) is 25.8 Å². The Balaban J connectivity index is 2.37. The summed E-state index contributed by atoms with van der Waals surface area (Å²) in [5, 5.41) is 0. The lowest BCUT2D eigenvalue weighted by Gasteiger charge is -2.17. The first-order valence-corrected chi connectivity index (χ1v) is 7.89. The monoisotopic (exact) mass is 270 g/mol. The number of rotatable bonds is 5. The van der Waals surface area contributed by atoms with Crippen molar-refractivity contribution in [3.63, 3.8) is 0 Å². The quantitative estimate of drug-likeness (QED) is 0.889. The van der Waals surface area contributed by atoms with Gasteiger partial charge in [-0.1, -0.05) is 13.8 Å². The lowest BCUT2D eigenvalue weighted by Crippen LogP contribution is -2.14. The molecular formula is C12H18N2O3S. The molecule has 0 bridgehead atoms. The number of hydrogen-bond donors (Lipinski definition) is 1. The van der Waals surface area contributed by atoms with E-state index in [-0.39, 0.29) is 12.0 Å². The SMILES string of the molecule is CC(C)c1c(OC2CC2)ccnc1NS(C)(=O)=O. The average molecular weight is 270 g/mol. The van der Waals surface area contributed by atoms with Gasteiger partial charge in [0.25, 0.3) is 0 Å². The number of ether oxygens (including phenoxy) is 1. The first-order chi connectivity index (χ1) is 8.37. The molecule has 1 N–H and O–H groups in total. The number of nitrogens with one attached hydrogen (secondary N) is 1. The molecule has 1 aromatic heterocycles. The Kier molecular flexibility index (Phi) is 3.47. The van der Waals surface area contributed by atoms with Crippen LogP contribution in [0.4, 0.5) is 5.82 Å². The smallest absolute Gasteiger partial charge is 0.230 e. The van der Waals surface area contributed by atoms with Gasteiger partial charge in [-0.25, -0.2) is 13.4 Å². The minimum absolute atomic E-state index is 0.136. The van der Waals surface area contributed by atoms with Crippen LogP contribution in [0, 0.1) is 0 Å². The molecule has 0 radical (unpaired) electrons. The Morgan fingerprint density at radius 3 is 2.61 bits per heavy atom. The van der Waals surface area contributed by atoms with E-state index in [1.54, 1.807) is 12.3 Å². The molecule has 5 nitrogen and oxygen atoms in total. The fraction of sp³-hybridized carbons (Fsp3) is 0.583. The third kappa shape index (κ3) is 3.35. The van der Waals surface area contributed by atoms with Crippen LogP contribution in [0.1, 0.15) is 38.2 Å². The van der Waals surface area contributed by atoms with E-state index in [9.17, 15) is 8.42 Å². The van der Waals surface area contributed by atoms with Crippen LogP contribution in [0.15, 0.2) is 12.3 Å². The fourth-order valence-electron chi connectivity index (χ4n) is 1.74. The summed E-state index contributed by atoms with van der Waals surface area (Å²) in [6, 6.07) is 1.79. The lowest BCUT2D eigenvalue weighted by atomic mass is 10.0. The molecule has 0 atom stereocenters. The van der Waals surface area contributed by atoms with Crippen molar-refractivity contribution in [1.29, 1.82) is 0 Å². The molecular weight excluding hydrogens is 252 g/mol. The van der Waals surface area contributed by atoms with E-state index >= 15 is 0 Å². The Morgan fingerprint density at radius 1 is 1.44 bits per heavy atom. The third-order valence-electron chi connectivity index (χ3n) is 2.63. The summed E-state index contributed by atoms with van der Waals surface area (Å²) >= 11 is 0. The van der Waals surface area contributed by atoms with Gasteiger partial charge in [-0.3, -0.25) is 4.72 Å². The average Bonchev–Trinajstić information content (AvgIpc) is 2.98. The molecule has 1 aliphatic rings. The second kappa shape index (κ2) is 4.76. The highest BCUT2D eigenvalue weighted by molar-refractivity contribution is 7.92. The van der Waals surface area contributed by atoms with E-state index in [1.165, 1.54) is 0 Å². The van der Waals surface area contributed by atoms with E-state index in [2.05, 4.69) is 9.71 Å². The fourth-order valence-corrected chi connectivity index (χ4v) is 2.25. The molecule has 18 heavy (non-hydrogen) atoms. The number of aromatic nitrogens is 1. The van der Waals surface area contributed by atoms with Crippen LogP contribution in [0.5, 0.6) is 5.75 Å². The van der Waals surface area contributed by atoms with E-state index < -0.39 is 10.0 Å². The van der Waals surface area contributed by atoms with Crippen molar-refractivity contribution in [3.05, 3.63) is 17.8 Å². The minimum Gasteiger partial charge on any atom is -0.490 e. The van der Waals surface area contributed by atoms with Crippen LogP contribution < -0.4 is 9.46 Å². The summed E-state index contributed by atoms with van der Waals surface area (Å²) in [5.41, 5.74) is 0.815. The maximum absolute atomic E-state index is 11.3. The molecule has 6 heteroatoms. The van der Waals surface area contributed by atoms with Crippen molar-refractivity contribution in [3.8, 4) is 5.75 Å². The zero-order chi connectivity index (χ0) is 13.3. The molecule has 0 saturated heterocycles. The normalized spacial score (nSPS) is 15.8. The van der Waals surface area contributed by atoms with Crippen LogP contribution in [0.2, 0.25) is 0 Å². The van der Waals surface area contributed by atoms with Gasteiger partial charge < -0.3 is 4.74 Å². The summed E-state index contributed by atoms with van der Waals surface area (Å²) in [5.74, 6) is 1.23. The number of hydrogen-bond acceptors (Lipinski definition) is 4. The van der Waals surface area contributed by atoms with Gasteiger partial charge in [0.1, 0.15) is 11.6 Å².